The van der Waals surface area contributed by atoms with Crippen LogP contribution in [0.2, 0.25) is 0 Å². The maximum atomic E-state index is 12.7. The Hall–Kier alpha value is -2.74. The summed E-state index contributed by atoms with van der Waals surface area (Å²) < 4.78 is 0. The molecule has 0 saturated carbocycles. The van der Waals surface area contributed by atoms with Gasteiger partial charge in [-0.1, -0.05) is 6.07 Å². The summed E-state index contributed by atoms with van der Waals surface area (Å²) in [6, 6.07) is 9.42. The first kappa shape index (κ1) is 17.7. The minimum Gasteiger partial charge on any atom is -0.355 e. The molecule has 0 spiro atoms. The number of piperidine rings is 1. The predicted molar refractivity (Wildman–Crippen MR) is 104 cm³/mol. The number of likely N-dealkylation sites (tertiary alicyclic amines) is 1. The fourth-order valence-corrected chi connectivity index (χ4v) is 4.12. The SMILES string of the molecule is O=C(NCCc1cccs1)C1CCN(C(=O)c2ccc3n[nH]nc3c2)CC1. The summed E-state index contributed by atoms with van der Waals surface area (Å²) in [6.07, 6.45) is 2.26. The molecule has 1 aromatic carbocycles. The molecule has 1 aliphatic heterocycles. The largest absolute Gasteiger partial charge is 0.355 e. The second-order valence-electron chi connectivity index (χ2n) is 6.71. The molecule has 0 bridgehead atoms. The summed E-state index contributed by atoms with van der Waals surface area (Å²) in [7, 11) is 0. The highest BCUT2D eigenvalue weighted by Crippen LogP contribution is 2.20. The quantitative estimate of drug-likeness (QED) is 0.707. The van der Waals surface area contributed by atoms with Crippen LogP contribution in [0.15, 0.2) is 35.7 Å². The van der Waals surface area contributed by atoms with Crippen LogP contribution in [0, 0.1) is 5.92 Å². The van der Waals surface area contributed by atoms with Gasteiger partial charge in [0, 0.05) is 36.0 Å². The fraction of sp³-hybridized carbons (Fsp3) is 0.368. The zero-order valence-electron chi connectivity index (χ0n) is 14.9. The first-order valence-electron chi connectivity index (χ1n) is 9.10. The molecule has 0 aliphatic carbocycles. The van der Waals surface area contributed by atoms with Crippen molar-refractivity contribution in [1.29, 1.82) is 0 Å². The van der Waals surface area contributed by atoms with Crippen LogP contribution in [-0.4, -0.2) is 51.8 Å². The van der Waals surface area contributed by atoms with Crippen LogP contribution in [0.1, 0.15) is 28.1 Å². The van der Waals surface area contributed by atoms with Gasteiger partial charge in [-0.15, -0.1) is 11.3 Å². The highest BCUT2D eigenvalue weighted by molar-refractivity contribution is 7.09. The van der Waals surface area contributed by atoms with Gasteiger partial charge in [-0.3, -0.25) is 9.59 Å². The van der Waals surface area contributed by atoms with E-state index in [9.17, 15) is 9.59 Å². The van der Waals surface area contributed by atoms with Crippen LogP contribution in [0.4, 0.5) is 0 Å². The molecule has 1 saturated heterocycles. The number of aromatic nitrogens is 3. The van der Waals surface area contributed by atoms with Crippen molar-refractivity contribution >= 4 is 34.2 Å². The molecular weight excluding hydrogens is 362 g/mol. The van der Waals surface area contributed by atoms with Crippen LogP contribution < -0.4 is 5.32 Å². The number of fused-ring (bicyclic) bond motifs is 1. The van der Waals surface area contributed by atoms with E-state index in [1.807, 2.05) is 16.3 Å². The van der Waals surface area contributed by atoms with Gasteiger partial charge in [0.25, 0.3) is 5.91 Å². The number of thiophene rings is 1. The fourth-order valence-electron chi connectivity index (χ4n) is 3.41. The van der Waals surface area contributed by atoms with E-state index >= 15 is 0 Å². The Labute approximate surface area is 160 Å². The number of nitrogens with zero attached hydrogens (tertiary/aromatic N) is 3. The molecule has 2 amide bonds. The van der Waals surface area contributed by atoms with Gasteiger partial charge in [0.15, 0.2) is 0 Å². The molecule has 2 N–H and O–H groups in total. The summed E-state index contributed by atoms with van der Waals surface area (Å²) in [5, 5.41) is 15.7. The van der Waals surface area contributed by atoms with Gasteiger partial charge in [-0.25, -0.2) is 0 Å². The van der Waals surface area contributed by atoms with Gasteiger partial charge in [-0.2, -0.15) is 15.4 Å². The van der Waals surface area contributed by atoms with Gasteiger partial charge in [0.1, 0.15) is 11.0 Å². The average Bonchev–Trinajstić information content (AvgIpc) is 3.38. The number of hydrogen-bond acceptors (Lipinski definition) is 5. The van der Waals surface area contributed by atoms with Crippen molar-refractivity contribution in [2.45, 2.75) is 19.3 Å². The summed E-state index contributed by atoms with van der Waals surface area (Å²) in [4.78, 5) is 28.2. The van der Waals surface area contributed by atoms with Crippen molar-refractivity contribution in [3.63, 3.8) is 0 Å². The third-order valence-electron chi connectivity index (χ3n) is 4.97. The molecular formula is C19H21N5O2S. The molecule has 140 valence electrons. The van der Waals surface area contributed by atoms with Crippen LogP contribution in [0.25, 0.3) is 11.0 Å². The number of rotatable bonds is 5. The first-order chi connectivity index (χ1) is 13.2. The lowest BCUT2D eigenvalue weighted by atomic mass is 9.95. The minimum absolute atomic E-state index is 0.0172. The Morgan fingerprint density at radius 2 is 2.00 bits per heavy atom. The lowest BCUT2D eigenvalue weighted by Crippen LogP contribution is -2.43. The van der Waals surface area contributed by atoms with E-state index in [0.29, 0.717) is 43.6 Å². The lowest BCUT2D eigenvalue weighted by Gasteiger charge is -2.31. The normalized spacial score (nSPS) is 15.2. The number of carbonyl (C=O) groups is 2. The molecule has 27 heavy (non-hydrogen) atoms. The molecule has 1 fully saturated rings. The summed E-state index contributed by atoms with van der Waals surface area (Å²) >= 11 is 1.71. The van der Waals surface area contributed by atoms with E-state index < -0.39 is 0 Å². The third-order valence-corrected chi connectivity index (χ3v) is 5.90. The van der Waals surface area contributed by atoms with E-state index in [1.54, 1.807) is 29.5 Å². The minimum atomic E-state index is -0.0181. The Bertz CT molecular complexity index is 929. The molecule has 3 aromatic rings. The average molecular weight is 383 g/mol. The van der Waals surface area contributed by atoms with Crippen LogP contribution in [0.5, 0.6) is 0 Å². The van der Waals surface area contributed by atoms with Gasteiger partial charge >= 0.3 is 0 Å². The molecule has 0 radical (unpaired) electrons. The van der Waals surface area contributed by atoms with Gasteiger partial charge < -0.3 is 10.2 Å². The molecule has 1 aliphatic rings. The van der Waals surface area contributed by atoms with E-state index in [-0.39, 0.29) is 17.7 Å². The molecule has 4 rings (SSSR count). The Morgan fingerprint density at radius 1 is 1.19 bits per heavy atom. The monoisotopic (exact) mass is 383 g/mol. The van der Waals surface area contributed by atoms with Crippen molar-refractivity contribution in [2.75, 3.05) is 19.6 Å². The number of amides is 2. The molecule has 0 unspecified atom stereocenters. The standard InChI is InChI=1S/C19H21N5O2S/c25-18(20-8-5-15-2-1-11-27-15)13-6-9-24(10-7-13)19(26)14-3-4-16-17(12-14)22-23-21-16/h1-4,11-13H,5-10H2,(H,20,25)(H,21,22,23). The Kier molecular flexibility index (Phi) is 5.15. The maximum Gasteiger partial charge on any atom is 0.253 e. The van der Waals surface area contributed by atoms with Crippen molar-refractivity contribution in [1.82, 2.24) is 25.6 Å². The number of carbonyl (C=O) groups excluding carboxylic acids is 2. The maximum absolute atomic E-state index is 12.7. The highest BCUT2D eigenvalue weighted by atomic mass is 32.1. The lowest BCUT2D eigenvalue weighted by molar-refractivity contribution is -0.126. The van der Waals surface area contributed by atoms with Gasteiger partial charge in [-0.05, 0) is 48.9 Å². The zero-order chi connectivity index (χ0) is 18.6. The third kappa shape index (κ3) is 4.00. The molecule has 0 atom stereocenters. The summed E-state index contributed by atoms with van der Waals surface area (Å²) in [6.45, 7) is 1.85. The van der Waals surface area contributed by atoms with E-state index in [4.69, 9.17) is 0 Å². The number of aromatic amines is 1. The first-order valence-corrected chi connectivity index (χ1v) is 9.98. The topological polar surface area (TPSA) is 91.0 Å². The predicted octanol–water partition coefficient (Wildman–Crippen LogP) is 2.23. The number of benzene rings is 1. The van der Waals surface area contributed by atoms with Gasteiger partial charge in [0.05, 0.1) is 0 Å². The molecule has 3 heterocycles. The number of nitrogens with one attached hydrogen (secondary N) is 2. The Balaban J connectivity index is 1.27. The Morgan fingerprint density at radius 3 is 2.78 bits per heavy atom. The van der Waals surface area contributed by atoms with Crippen LogP contribution in [0.3, 0.4) is 0 Å². The van der Waals surface area contributed by atoms with Crippen molar-refractivity contribution in [3.8, 4) is 0 Å². The van der Waals surface area contributed by atoms with Crippen LogP contribution in [-0.2, 0) is 11.2 Å². The molecule has 2 aromatic heterocycles. The number of H-pyrrole nitrogens is 1. The second kappa shape index (κ2) is 7.87. The van der Waals surface area contributed by atoms with E-state index in [1.165, 1.54) is 4.88 Å². The molecule has 8 heteroatoms. The van der Waals surface area contributed by atoms with E-state index in [2.05, 4.69) is 26.8 Å². The smallest absolute Gasteiger partial charge is 0.253 e. The van der Waals surface area contributed by atoms with Crippen molar-refractivity contribution in [3.05, 3.63) is 46.2 Å². The molecule has 7 nitrogen and oxygen atoms in total. The van der Waals surface area contributed by atoms with E-state index in [0.717, 1.165) is 11.9 Å². The number of hydrogen-bond donors (Lipinski definition) is 2. The van der Waals surface area contributed by atoms with Crippen molar-refractivity contribution < 1.29 is 9.59 Å². The summed E-state index contributed by atoms with van der Waals surface area (Å²) in [5.41, 5.74) is 2.03. The summed E-state index contributed by atoms with van der Waals surface area (Å²) in [5.74, 6) is 0.0644. The zero-order valence-corrected chi connectivity index (χ0v) is 15.7. The van der Waals surface area contributed by atoms with Crippen LogP contribution >= 0.6 is 11.3 Å². The highest BCUT2D eigenvalue weighted by Gasteiger charge is 2.27. The van der Waals surface area contributed by atoms with Crippen molar-refractivity contribution in [2.24, 2.45) is 5.92 Å². The second-order valence-corrected chi connectivity index (χ2v) is 7.75. The van der Waals surface area contributed by atoms with Gasteiger partial charge in [0.2, 0.25) is 5.91 Å².